The Kier molecular flexibility index (Phi) is 5.80. The highest BCUT2D eigenvalue weighted by Gasteiger charge is 2.18. The van der Waals surface area contributed by atoms with Crippen molar-refractivity contribution in [2.24, 2.45) is 5.92 Å². The summed E-state index contributed by atoms with van der Waals surface area (Å²) in [5.41, 5.74) is 9.83. The third kappa shape index (κ3) is 4.85. The molecule has 0 radical (unpaired) electrons. The maximum Gasteiger partial charge on any atom is 0.224 e. The van der Waals surface area contributed by atoms with Gasteiger partial charge < -0.3 is 11.1 Å². The van der Waals surface area contributed by atoms with Gasteiger partial charge in [-0.3, -0.25) is 4.79 Å². The summed E-state index contributed by atoms with van der Waals surface area (Å²) < 4.78 is 0. The second-order valence-corrected chi connectivity index (χ2v) is 6.30. The quantitative estimate of drug-likeness (QED) is 0.795. The van der Waals surface area contributed by atoms with Gasteiger partial charge in [-0.05, 0) is 41.2 Å². The van der Waals surface area contributed by atoms with Crippen LogP contribution in [0.2, 0.25) is 0 Å². The van der Waals surface area contributed by atoms with E-state index in [1.54, 1.807) is 0 Å². The highest BCUT2D eigenvalue weighted by atomic mass is 16.1. The zero-order valence-corrected chi connectivity index (χ0v) is 14.2. The first-order chi connectivity index (χ1) is 11.0. The minimum absolute atomic E-state index is 0.0298. The number of nitrogens with two attached hydrogens (primary N) is 1. The molecular weight excluding hydrogens is 284 g/mol. The van der Waals surface area contributed by atoms with Gasteiger partial charge in [0.25, 0.3) is 0 Å². The number of hydrogen-bond donors (Lipinski definition) is 2. The molecule has 3 nitrogen and oxygen atoms in total. The number of aryl methyl sites for hydroxylation is 1. The van der Waals surface area contributed by atoms with Gasteiger partial charge in [0, 0.05) is 5.69 Å². The van der Waals surface area contributed by atoms with Crippen LogP contribution in [-0.2, 0) is 17.6 Å². The highest BCUT2D eigenvalue weighted by Crippen LogP contribution is 2.22. The molecule has 2 rings (SSSR count). The lowest BCUT2D eigenvalue weighted by molar-refractivity contribution is -0.121. The molecule has 122 valence electrons. The van der Waals surface area contributed by atoms with Crippen molar-refractivity contribution in [1.29, 1.82) is 0 Å². The van der Waals surface area contributed by atoms with Gasteiger partial charge in [0.2, 0.25) is 5.91 Å². The van der Waals surface area contributed by atoms with E-state index in [1.165, 1.54) is 5.56 Å². The van der Waals surface area contributed by atoms with E-state index in [2.05, 4.69) is 50.4 Å². The van der Waals surface area contributed by atoms with Crippen molar-refractivity contribution in [3.8, 4) is 0 Å². The molecule has 0 fully saturated rings. The Hall–Kier alpha value is -2.29. The molecule has 1 atom stereocenters. The molecule has 0 heterocycles. The van der Waals surface area contributed by atoms with Crippen LogP contribution < -0.4 is 11.1 Å². The number of rotatable bonds is 6. The average Bonchev–Trinajstić information content (AvgIpc) is 2.55. The smallest absolute Gasteiger partial charge is 0.224 e. The lowest BCUT2D eigenvalue weighted by atomic mass is 9.94. The van der Waals surface area contributed by atoms with Gasteiger partial charge in [-0.2, -0.15) is 0 Å². The zero-order valence-electron chi connectivity index (χ0n) is 14.2. The van der Waals surface area contributed by atoms with Gasteiger partial charge >= 0.3 is 0 Å². The standard InChI is InChI=1S/C20H26N2O/c1-4-15-5-9-17(10-6-15)20(14(2)3)22-19(23)13-16-7-11-18(21)12-8-16/h5-12,14,20H,4,13,21H2,1-3H3,(H,22,23). The first-order valence-electron chi connectivity index (χ1n) is 8.22. The predicted octanol–water partition coefficient (Wildman–Crippen LogP) is 3.89. The summed E-state index contributed by atoms with van der Waals surface area (Å²) in [5.74, 6) is 0.367. The third-order valence-corrected chi connectivity index (χ3v) is 4.07. The maximum absolute atomic E-state index is 12.4. The topological polar surface area (TPSA) is 55.1 Å². The lowest BCUT2D eigenvalue weighted by Crippen LogP contribution is -2.32. The molecule has 0 aliphatic rings. The van der Waals surface area contributed by atoms with E-state index in [9.17, 15) is 4.79 Å². The van der Waals surface area contributed by atoms with Crippen molar-refractivity contribution in [2.45, 2.75) is 39.7 Å². The Morgan fingerprint density at radius 3 is 2.09 bits per heavy atom. The minimum Gasteiger partial charge on any atom is -0.399 e. The van der Waals surface area contributed by atoms with E-state index >= 15 is 0 Å². The number of anilines is 1. The minimum atomic E-state index is 0.0298. The molecule has 0 bridgehead atoms. The molecule has 0 aliphatic carbocycles. The van der Waals surface area contributed by atoms with Gasteiger partial charge in [-0.25, -0.2) is 0 Å². The predicted molar refractivity (Wildman–Crippen MR) is 96.1 cm³/mol. The molecule has 1 unspecified atom stereocenters. The fraction of sp³-hybridized carbons (Fsp3) is 0.350. The monoisotopic (exact) mass is 310 g/mol. The zero-order chi connectivity index (χ0) is 16.8. The molecule has 0 saturated carbocycles. The SMILES string of the molecule is CCc1ccc(C(NC(=O)Cc2ccc(N)cc2)C(C)C)cc1. The molecule has 2 aromatic rings. The molecule has 0 aliphatic heterocycles. The summed E-state index contributed by atoms with van der Waals surface area (Å²) in [6.07, 6.45) is 1.40. The Morgan fingerprint density at radius 1 is 1.00 bits per heavy atom. The van der Waals surface area contributed by atoms with E-state index in [0.717, 1.165) is 17.5 Å². The van der Waals surface area contributed by atoms with Crippen LogP contribution in [0.4, 0.5) is 5.69 Å². The molecule has 2 aromatic carbocycles. The summed E-state index contributed by atoms with van der Waals surface area (Å²) >= 11 is 0. The fourth-order valence-corrected chi connectivity index (χ4v) is 2.64. The number of nitrogen functional groups attached to an aromatic ring is 1. The number of carbonyl (C=O) groups excluding carboxylic acids is 1. The van der Waals surface area contributed by atoms with E-state index in [0.29, 0.717) is 18.0 Å². The summed E-state index contributed by atoms with van der Waals surface area (Å²) in [6, 6.07) is 16.0. The maximum atomic E-state index is 12.4. The average molecular weight is 310 g/mol. The Balaban J connectivity index is 2.06. The first-order valence-corrected chi connectivity index (χ1v) is 8.22. The largest absolute Gasteiger partial charge is 0.399 e. The summed E-state index contributed by atoms with van der Waals surface area (Å²) in [4.78, 5) is 12.4. The van der Waals surface area contributed by atoms with Gasteiger partial charge in [0.15, 0.2) is 0 Å². The van der Waals surface area contributed by atoms with Crippen LogP contribution in [0.5, 0.6) is 0 Å². The molecule has 0 aromatic heterocycles. The van der Waals surface area contributed by atoms with E-state index in [1.807, 2.05) is 24.3 Å². The van der Waals surface area contributed by atoms with Crippen LogP contribution in [0, 0.1) is 5.92 Å². The number of carbonyl (C=O) groups is 1. The highest BCUT2D eigenvalue weighted by molar-refractivity contribution is 5.79. The van der Waals surface area contributed by atoms with Crippen molar-refractivity contribution in [2.75, 3.05) is 5.73 Å². The number of hydrogen-bond acceptors (Lipinski definition) is 2. The Bertz CT molecular complexity index is 630. The van der Waals surface area contributed by atoms with Crippen LogP contribution in [0.25, 0.3) is 0 Å². The molecule has 23 heavy (non-hydrogen) atoms. The van der Waals surface area contributed by atoms with Gasteiger partial charge in [0.05, 0.1) is 12.5 Å². The molecular formula is C20H26N2O. The lowest BCUT2D eigenvalue weighted by Gasteiger charge is -2.23. The molecule has 0 spiro atoms. The van der Waals surface area contributed by atoms with Crippen molar-refractivity contribution in [3.05, 3.63) is 65.2 Å². The molecule has 1 amide bonds. The van der Waals surface area contributed by atoms with Crippen LogP contribution in [0.1, 0.15) is 43.5 Å². The first kappa shape index (κ1) is 17.1. The second-order valence-electron chi connectivity index (χ2n) is 6.30. The summed E-state index contributed by atoms with van der Waals surface area (Å²) in [7, 11) is 0. The normalized spacial score (nSPS) is 12.2. The number of benzene rings is 2. The van der Waals surface area contributed by atoms with Gasteiger partial charge in [-0.1, -0.05) is 57.2 Å². The summed E-state index contributed by atoms with van der Waals surface area (Å²) in [6.45, 7) is 6.40. The van der Waals surface area contributed by atoms with Crippen molar-refractivity contribution in [3.63, 3.8) is 0 Å². The van der Waals surface area contributed by atoms with Crippen LogP contribution in [-0.4, -0.2) is 5.91 Å². The molecule has 3 heteroatoms. The van der Waals surface area contributed by atoms with Crippen molar-refractivity contribution >= 4 is 11.6 Å². The van der Waals surface area contributed by atoms with Crippen molar-refractivity contribution < 1.29 is 4.79 Å². The van der Waals surface area contributed by atoms with Gasteiger partial charge in [0.1, 0.15) is 0 Å². The van der Waals surface area contributed by atoms with E-state index < -0.39 is 0 Å². The summed E-state index contributed by atoms with van der Waals surface area (Å²) in [5, 5.41) is 3.16. The molecule has 3 N–H and O–H groups in total. The van der Waals surface area contributed by atoms with Crippen LogP contribution in [0.3, 0.4) is 0 Å². The number of amides is 1. The fourth-order valence-electron chi connectivity index (χ4n) is 2.64. The van der Waals surface area contributed by atoms with Crippen LogP contribution >= 0.6 is 0 Å². The van der Waals surface area contributed by atoms with E-state index in [-0.39, 0.29) is 11.9 Å². The third-order valence-electron chi connectivity index (χ3n) is 4.07. The van der Waals surface area contributed by atoms with Gasteiger partial charge in [-0.15, -0.1) is 0 Å². The van der Waals surface area contributed by atoms with E-state index in [4.69, 9.17) is 5.73 Å². The Morgan fingerprint density at radius 2 is 1.57 bits per heavy atom. The van der Waals surface area contributed by atoms with Crippen molar-refractivity contribution in [1.82, 2.24) is 5.32 Å². The van der Waals surface area contributed by atoms with Crippen LogP contribution in [0.15, 0.2) is 48.5 Å². The molecule has 0 saturated heterocycles. The number of nitrogens with one attached hydrogen (secondary N) is 1. The Labute approximate surface area is 138 Å². The second kappa shape index (κ2) is 7.82.